The predicted molar refractivity (Wildman–Crippen MR) is 106 cm³/mol. The van der Waals surface area contributed by atoms with E-state index in [9.17, 15) is 0 Å². The first kappa shape index (κ1) is 18.6. The fourth-order valence-electron chi connectivity index (χ4n) is 6.46. The van der Waals surface area contributed by atoms with Gasteiger partial charge in [-0.2, -0.15) is 0 Å². The summed E-state index contributed by atoms with van der Waals surface area (Å²) < 4.78 is 26.3. The summed E-state index contributed by atoms with van der Waals surface area (Å²) in [5.41, 5.74) is 0.0322. The number of halogens is 1. The molecule has 2 bridgehead atoms. The smallest absolute Gasteiger partial charge is 0.192 e. The number of ether oxygens (including phenoxy) is 3. The van der Waals surface area contributed by atoms with Crippen LogP contribution in [0.25, 0.3) is 0 Å². The van der Waals surface area contributed by atoms with Gasteiger partial charge in [0.15, 0.2) is 14.1 Å². The van der Waals surface area contributed by atoms with Crippen molar-refractivity contribution in [1.82, 2.24) is 0 Å². The molecule has 5 aliphatic rings. The summed E-state index contributed by atoms with van der Waals surface area (Å²) in [6, 6.07) is 0. The molecule has 6 heteroatoms. The van der Waals surface area contributed by atoms with E-state index in [1.54, 1.807) is 0 Å². The molecule has 9 unspecified atom stereocenters. The number of hydrogen-bond donors (Lipinski definition) is 0. The van der Waals surface area contributed by atoms with E-state index >= 15 is 0 Å². The molecule has 0 N–H and O–H groups in total. The highest BCUT2D eigenvalue weighted by Crippen LogP contribution is 2.74. The van der Waals surface area contributed by atoms with Crippen molar-refractivity contribution in [3.63, 3.8) is 0 Å². The van der Waals surface area contributed by atoms with Gasteiger partial charge < -0.3 is 18.6 Å². The van der Waals surface area contributed by atoms with Crippen LogP contribution in [0.2, 0.25) is 18.1 Å². The molecule has 0 spiro atoms. The van der Waals surface area contributed by atoms with Gasteiger partial charge in [-0.15, -0.1) is 0 Å². The minimum atomic E-state index is -1.83. The average molecular weight is 445 g/mol. The molecule has 0 amide bonds. The molecule has 2 heterocycles. The third kappa shape index (κ3) is 2.10. The van der Waals surface area contributed by atoms with Crippen LogP contribution in [0.4, 0.5) is 0 Å². The largest absolute Gasteiger partial charge is 0.416 e. The Hall–Kier alpha value is 0.537. The fourth-order valence-corrected chi connectivity index (χ4v) is 8.73. The third-order valence-corrected chi connectivity index (χ3v) is 14.2. The Morgan fingerprint density at radius 3 is 2.46 bits per heavy atom. The van der Waals surface area contributed by atoms with E-state index in [2.05, 4.69) is 49.8 Å². The maximum atomic E-state index is 6.85. The minimum Gasteiger partial charge on any atom is -0.416 e. The van der Waals surface area contributed by atoms with Crippen LogP contribution in [0.15, 0.2) is 0 Å². The van der Waals surface area contributed by atoms with Gasteiger partial charge in [0, 0.05) is 22.8 Å². The van der Waals surface area contributed by atoms with E-state index < -0.39 is 14.1 Å². The third-order valence-electron chi connectivity index (χ3n) is 8.56. The van der Waals surface area contributed by atoms with Crippen LogP contribution >= 0.6 is 15.9 Å². The van der Waals surface area contributed by atoms with Gasteiger partial charge in [-0.05, 0) is 50.2 Å². The summed E-state index contributed by atoms with van der Waals surface area (Å²) >= 11 is 4.01. The summed E-state index contributed by atoms with van der Waals surface area (Å²) in [5.74, 6) is 1.20. The van der Waals surface area contributed by atoms with Gasteiger partial charge in [0.25, 0.3) is 0 Å². The number of fused-ring (bicyclic) bond motifs is 5. The van der Waals surface area contributed by atoms with Crippen molar-refractivity contribution < 1.29 is 18.6 Å². The van der Waals surface area contributed by atoms with Crippen molar-refractivity contribution in [3.8, 4) is 0 Å². The first-order chi connectivity index (χ1) is 11.9. The molecule has 3 aliphatic carbocycles. The minimum absolute atomic E-state index is 0.0322. The average Bonchev–Trinajstić information content (AvgIpc) is 3.19. The summed E-state index contributed by atoms with van der Waals surface area (Å²) in [5, 5.41) is 0.216. The first-order valence-corrected chi connectivity index (χ1v) is 14.0. The van der Waals surface area contributed by atoms with Gasteiger partial charge in [-0.25, -0.2) is 0 Å². The lowest BCUT2D eigenvalue weighted by Crippen LogP contribution is -2.55. The highest BCUT2D eigenvalue weighted by atomic mass is 79.9. The molecule has 5 fully saturated rings. The van der Waals surface area contributed by atoms with Crippen LogP contribution in [0, 0.1) is 23.2 Å². The SMILES string of the molecule is CC1(C)OC2C3OC4C(Br)C5CC4C3C5(CO[Si](C)(C)C(C)(C)C)C2O1. The highest BCUT2D eigenvalue weighted by Gasteiger charge is 2.82. The summed E-state index contributed by atoms with van der Waals surface area (Å²) in [6.07, 6.45) is 1.92. The molecule has 148 valence electrons. The van der Waals surface area contributed by atoms with Crippen molar-refractivity contribution in [2.45, 2.75) is 94.2 Å². The van der Waals surface area contributed by atoms with Gasteiger partial charge in [-0.1, -0.05) is 36.7 Å². The molecule has 2 saturated heterocycles. The van der Waals surface area contributed by atoms with Crippen LogP contribution in [-0.2, 0) is 18.6 Å². The van der Waals surface area contributed by atoms with E-state index in [-0.39, 0.29) is 28.8 Å². The van der Waals surface area contributed by atoms with E-state index in [0.717, 1.165) is 6.61 Å². The number of alkyl halides is 1. The molecule has 9 atom stereocenters. The Bertz CT molecular complexity index is 632. The Labute approximate surface area is 166 Å². The summed E-state index contributed by atoms with van der Waals surface area (Å²) in [4.78, 5) is 0.421. The highest BCUT2D eigenvalue weighted by molar-refractivity contribution is 9.09. The lowest BCUT2D eigenvalue weighted by molar-refractivity contribution is -0.184. The van der Waals surface area contributed by atoms with Gasteiger partial charge in [-0.3, -0.25) is 0 Å². The van der Waals surface area contributed by atoms with Gasteiger partial charge in [0.05, 0.1) is 18.3 Å². The molecule has 5 rings (SSSR count). The van der Waals surface area contributed by atoms with Crippen LogP contribution in [0.5, 0.6) is 0 Å². The van der Waals surface area contributed by atoms with E-state index in [0.29, 0.717) is 28.7 Å². The van der Waals surface area contributed by atoms with Crippen LogP contribution < -0.4 is 0 Å². The van der Waals surface area contributed by atoms with Gasteiger partial charge in [0.1, 0.15) is 6.10 Å². The predicted octanol–water partition coefficient (Wildman–Crippen LogP) is 4.33. The lowest BCUT2D eigenvalue weighted by atomic mass is 9.67. The van der Waals surface area contributed by atoms with Crippen LogP contribution in [0.3, 0.4) is 0 Å². The molecular formula is C20H33BrO4Si. The zero-order valence-corrected chi connectivity index (χ0v) is 19.6. The molecule has 0 radical (unpaired) electrons. The monoisotopic (exact) mass is 444 g/mol. The topological polar surface area (TPSA) is 36.9 Å². The van der Waals surface area contributed by atoms with E-state index in [1.807, 2.05) is 13.8 Å². The van der Waals surface area contributed by atoms with Crippen molar-refractivity contribution in [2.24, 2.45) is 23.2 Å². The zero-order valence-electron chi connectivity index (χ0n) is 17.0. The fraction of sp³-hybridized carbons (Fsp3) is 1.00. The lowest BCUT2D eigenvalue weighted by Gasteiger charge is -2.47. The number of hydrogen-bond acceptors (Lipinski definition) is 4. The van der Waals surface area contributed by atoms with E-state index in [4.69, 9.17) is 18.6 Å². The summed E-state index contributed by atoms with van der Waals surface area (Å²) in [7, 11) is -1.83. The second-order valence-electron chi connectivity index (χ2n) is 11.2. The van der Waals surface area contributed by atoms with Crippen molar-refractivity contribution in [1.29, 1.82) is 0 Å². The molecule has 4 nitrogen and oxygen atoms in total. The second kappa shape index (κ2) is 5.17. The van der Waals surface area contributed by atoms with Gasteiger partial charge in [0.2, 0.25) is 0 Å². The molecule has 0 aromatic heterocycles. The molecule has 0 aromatic rings. The zero-order chi connectivity index (χ0) is 18.9. The molecule has 26 heavy (non-hydrogen) atoms. The standard InChI is InChI=1S/C20H33BrO4Si/c1-18(2,3)26(6,7)22-9-20-11-8-10-12(20)15(23-14(10)13(11)21)16-17(20)25-19(4,5)24-16/h10-17H,8-9H2,1-7H3. The Balaban J connectivity index is 1.52. The number of rotatable bonds is 3. The van der Waals surface area contributed by atoms with Crippen LogP contribution in [0.1, 0.15) is 41.0 Å². The molecule has 3 saturated carbocycles. The Morgan fingerprint density at radius 1 is 1.12 bits per heavy atom. The summed E-state index contributed by atoms with van der Waals surface area (Å²) in [6.45, 7) is 16.5. The maximum Gasteiger partial charge on any atom is 0.192 e. The molecular weight excluding hydrogens is 412 g/mol. The van der Waals surface area contributed by atoms with E-state index in [1.165, 1.54) is 6.42 Å². The van der Waals surface area contributed by atoms with Gasteiger partial charge >= 0.3 is 0 Å². The Morgan fingerprint density at radius 2 is 1.81 bits per heavy atom. The maximum absolute atomic E-state index is 6.85. The van der Waals surface area contributed by atoms with Crippen molar-refractivity contribution in [2.75, 3.05) is 6.61 Å². The first-order valence-electron chi connectivity index (χ1n) is 10.2. The molecule has 2 aliphatic heterocycles. The normalized spacial score (nSPS) is 53.5. The van der Waals surface area contributed by atoms with Crippen molar-refractivity contribution >= 4 is 24.2 Å². The second-order valence-corrected chi connectivity index (χ2v) is 17.1. The van der Waals surface area contributed by atoms with Crippen LogP contribution in [-0.4, -0.2) is 50.0 Å². The Kier molecular flexibility index (Phi) is 3.69. The molecule has 0 aromatic carbocycles. The quantitative estimate of drug-likeness (QED) is 0.479. The van der Waals surface area contributed by atoms with Crippen molar-refractivity contribution in [3.05, 3.63) is 0 Å².